The molecule has 0 spiro atoms. The lowest BCUT2D eigenvalue weighted by Crippen LogP contribution is -2.09. The summed E-state index contributed by atoms with van der Waals surface area (Å²) < 4.78 is 37.8. The third-order valence-corrected chi connectivity index (χ3v) is 4.31. The van der Waals surface area contributed by atoms with E-state index in [-0.39, 0.29) is 5.91 Å². The standard InChI is InChI=1S/C23H22F3N3O/c1-15(2)14-27-21-11-6-17-13-19(9-10-20(17)29-21)28-22(30)12-5-16-3-7-18(8-4-16)23(24,25)26/h3-13,15H,14H2,1-2H3,(H,27,29)(H,28,30). The molecule has 0 atom stereocenters. The van der Waals surface area contributed by atoms with Gasteiger partial charge in [0.1, 0.15) is 5.82 Å². The molecule has 0 bridgehead atoms. The Hall–Kier alpha value is -3.35. The molecule has 2 aromatic carbocycles. The summed E-state index contributed by atoms with van der Waals surface area (Å²) in [5.74, 6) is 0.931. The second kappa shape index (κ2) is 8.98. The number of alkyl halides is 3. The van der Waals surface area contributed by atoms with Crippen molar-refractivity contribution >= 4 is 34.4 Å². The Morgan fingerprint density at radius 1 is 1.07 bits per heavy atom. The third-order valence-electron chi connectivity index (χ3n) is 4.31. The van der Waals surface area contributed by atoms with Crippen molar-refractivity contribution in [3.05, 3.63) is 71.8 Å². The quantitative estimate of drug-likeness (QED) is 0.489. The summed E-state index contributed by atoms with van der Waals surface area (Å²) >= 11 is 0. The molecule has 1 heterocycles. The van der Waals surface area contributed by atoms with E-state index in [1.807, 2.05) is 24.3 Å². The van der Waals surface area contributed by atoms with Crippen LogP contribution in [-0.4, -0.2) is 17.4 Å². The minimum absolute atomic E-state index is 0.377. The fraction of sp³-hybridized carbons (Fsp3) is 0.217. The van der Waals surface area contributed by atoms with Crippen molar-refractivity contribution in [1.82, 2.24) is 4.98 Å². The van der Waals surface area contributed by atoms with E-state index in [2.05, 4.69) is 29.5 Å². The lowest BCUT2D eigenvalue weighted by Gasteiger charge is -2.09. The molecule has 3 rings (SSSR count). The number of rotatable bonds is 6. The first kappa shape index (κ1) is 21.4. The lowest BCUT2D eigenvalue weighted by atomic mass is 10.1. The summed E-state index contributed by atoms with van der Waals surface area (Å²) in [5.41, 5.74) is 1.19. The molecule has 0 radical (unpaired) electrons. The molecular formula is C23H22F3N3O. The summed E-state index contributed by atoms with van der Waals surface area (Å²) in [5, 5.41) is 6.90. The minimum Gasteiger partial charge on any atom is -0.370 e. The molecule has 0 unspecified atom stereocenters. The normalized spacial score (nSPS) is 11.9. The van der Waals surface area contributed by atoms with Crippen molar-refractivity contribution in [1.29, 1.82) is 0 Å². The number of nitrogens with zero attached hydrogens (tertiary/aromatic N) is 1. The predicted octanol–water partition coefficient (Wildman–Crippen LogP) is 5.97. The molecule has 156 valence electrons. The van der Waals surface area contributed by atoms with Crippen LogP contribution in [0, 0.1) is 5.92 Å². The number of hydrogen-bond acceptors (Lipinski definition) is 3. The van der Waals surface area contributed by atoms with Gasteiger partial charge in [-0.1, -0.05) is 26.0 Å². The molecule has 3 aromatic rings. The van der Waals surface area contributed by atoms with Crippen LogP contribution >= 0.6 is 0 Å². The fourth-order valence-corrected chi connectivity index (χ4v) is 2.75. The number of benzene rings is 2. The van der Waals surface area contributed by atoms with E-state index in [1.165, 1.54) is 24.3 Å². The van der Waals surface area contributed by atoms with E-state index < -0.39 is 11.7 Å². The van der Waals surface area contributed by atoms with Crippen molar-refractivity contribution in [3.63, 3.8) is 0 Å². The summed E-state index contributed by atoms with van der Waals surface area (Å²) in [6.45, 7) is 5.07. The maximum atomic E-state index is 12.6. The highest BCUT2D eigenvalue weighted by molar-refractivity contribution is 6.03. The monoisotopic (exact) mass is 413 g/mol. The number of pyridine rings is 1. The highest BCUT2D eigenvalue weighted by Crippen LogP contribution is 2.29. The molecule has 0 saturated carbocycles. The van der Waals surface area contributed by atoms with Crippen LogP contribution in [0.2, 0.25) is 0 Å². The van der Waals surface area contributed by atoms with E-state index in [0.29, 0.717) is 17.2 Å². The minimum atomic E-state index is -4.38. The average Bonchev–Trinajstić information content (AvgIpc) is 2.70. The highest BCUT2D eigenvalue weighted by Gasteiger charge is 2.29. The Morgan fingerprint density at radius 2 is 1.80 bits per heavy atom. The predicted molar refractivity (Wildman–Crippen MR) is 114 cm³/mol. The van der Waals surface area contributed by atoms with Crippen molar-refractivity contribution < 1.29 is 18.0 Å². The number of nitrogens with one attached hydrogen (secondary N) is 2. The van der Waals surface area contributed by atoms with Gasteiger partial charge >= 0.3 is 6.18 Å². The van der Waals surface area contributed by atoms with Gasteiger partial charge in [-0.25, -0.2) is 4.98 Å². The van der Waals surface area contributed by atoms with Crippen LogP contribution < -0.4 is 10.6 Å². The molecule has 0 saturated heterocycles. The van der Waals surface area contributed by atoms with E-state index in [1.54, 1.807) is 6.07 Å². The molecule has 4 nitrogen and oxygen atoms in total. The molecule has 0 aliphatic carbocycles. The first-order valence-electron chi connectivity index (χ1n) is 9.52. The number of fused-ring (bicyclic) bond motifs is 1. The van der Waals surface area contributed by atoms with Crippen LogP contribution in [0.15, 0.2) is 60.7 Å². The van der Waals surface area contributed by atoms with Crippen molar-refractivity contribution in [3.8, 4) is 0 Å². The SMILES string of the molecule is CC(C)CNc1ccc2cc(NC(=O)C=Cc3ccc(C(F)(F)F)cc3)ccc2n1. The number of carbonyl (C=O) groups is 1. The summed E-state index contributed by atoms with van der Waals surface area (Å²) in [6.07, 6.45) is -1.63. The van der Waals surface area contributed by atoms with Crippen LogP contribution in [0.25, 0.3) is 17.0 Å². The van der Waals surface area contributed by atoms with Gasteiger partial charge in [0.05, 0.1) is 11.1 Å². The number of halogens is 3. The molecule has 0 fully saturated rings. The summed E-state index contributed by atoms with van der Waals surface area (Å²) in [6, 6.07) is 13.8. The van der Waals surface area contributed by atoms with Gasteiger partial charge in [-0.2, -0.15) is 13.2 Å². The van der Waals surface area contributed by atoms with Crippen LogP contribution in [0.3, 0.4) is 0 Å². The zero-order valence-corrected chi connectivity index (χ0v) is 16.6. The van der Waals surface area contributed by atoms with Gasteiger partial charge in [0.25, 0.3) is 0 Å². The number of hydrogen-bond donors (Lipinski definition) is 2. The van der Waals surface area contributed by atoms with Crippen LogP contribution in [0.5, 0.6) is 0 Å². The second-order valence-corrected chi connectivity index (χ2v) is 7.32. The van der Waals surface area contributed by atoms with E-state index >= 15 is 0 Å². The third kappa shape index (κ3) is 5.83. The Labute approximate surface area is 172 Å². The van der Waals surface area contributed by atoms with Gasteiger partial charge in [0, 0.05) is 23.7 Å². The van der Waals surface area contributed by atoms with Gasteiger partial charge in [-0.15, -0.1) is 0 Å². The Balaban J connectivity index is 1.64. The second-order valence-electron chi connectivity index (χ2n) is 7.32. The van der Waals surface area contributed by atoms with Gasteiger partial charge in [0.15, 0.2) is 0 Å². The Bertz CT molecular complexity index is 1060. The van der Waals surface area contributed by atoms with Gasteiger partial charge in [-0.3, -0.25) is 4.79 Å². The molecule has 2 N–H and O–H groups in total. The molecule has 0 aliphatic rings. The first-order valence-corrected chi connectivity index (χ1v) is 9.52. The maximum Gasteiger partial charge on any atom is 0.416 e. The topological polar surface area (TPSA) is 54.0 Å². The maximum absolute atomic E-state index is 12.6. The molecular weight excluding hydrogens is 391 g/mol. The molecule has 1 amide bonds. The summed E-state index contributed by atoms with van der Waals surface area (Å²) in [4.78, 5) is 16.7. The number of anilines is 2. The highest BCUT2D eigenvalue weighted by atomic mass is 19.4. The van der Waals surface area contributed by atoms with E-state index in [0.717, 1.165) is 35.4 Å². The van der Waals surface area contributed by atoms with Crippen LogP contribution in [-0.2, 0) is 11.0 Å². The fourth-order valence-electron chi connectivity index (χ4n) is 2.75. The van der Waals surface area contributed by atoms with Crippen molar-refractivity contribution in [2.45, 2.75) is 20.0 Å². The van der Waals surface area contributed by atoms with Crippen LogP contribution in [0.1, 0.15) is 25.0 Å². The Kier molecular flexibility index (Phi) is 6.40. The average molecular weight is 413 g/mol. The zero-order chi connectivity index (χ0) is 21.7. The first-order chi connectivity index (χ1) is 14.2. The number of carbonyl (C=O) groups excluding carboxylic acids is 1. The van der Waals surface area contributed by atoms with Crippen molar-refractivity contribution in [2.24, 2.45) is 5.92 Å². The van der Waals surface area contributed by atoms with Crippen LogP contribution in [0.4, 0.5) is 24.7 Å². The molecule has 30 heavy (non-hydrogen) atoms. The van der Waals surface area contributed by atoms with E-state index in [4.69, 9.17) is 0 Å². The Morgan fingerprint density at radius 3 is 2.47 bits per heavy atom. The van der Waals surface area contributed by atoms with Gasteiger partial charge in [-0.05, 0) is 60.0 Å². The smallest absolute Gasteiger partial charge is 0.370 e. The van der Waals surface area contributed by atoms with Gasteiger partial charge in [0.2, 0.25) is 5.91 Å². The van der Waals surface area contributed by atoms with Crippen molar-refractivity contribution in [2.75, 3.05) is 17.2 Å². The lowest BCUT2D eigenvalue weighted by molar-refractivity contribution is -0.137. The molecule has 0 aliphatic heterocycles. The number of aromatic nitrogens is 1. The molecule has 1 aromatic heterocycles. The molecule has 7 heteroatoms. The largest absolute Gasteiger partial charge is 0.416 e. The zero-order valence-electron chi connectivity index (χ0n) is 16.6. The summed E-state index contributed by atoms with van der Waals surface area (Å²) in [7, 11) is 0. The van der Waals surface area contributed by atoms with E-state index in [9.17, 15) is 18.0 Å². The van der Waals surface area contributed by atoms with Gasteiger partial charge < -0.3 is 10.6 Å². The number of amides is 1.